The smallest absolute Gasteiger partial charge is 0.282 e. The van der Waals surface area contributed by atoms with Gasteiger partial charge in [0.05, 0.1) is 0 Å². The Labute approximate surface area is 173 Å². The normalized spacial score (nSPS) is 20.1. The maximum atomic E-state index is 12.9. The van der Waals surface area contributed by atoms with E-state index in [9.17, 15) is 13.2 Å². The number of hydrogen-bond donors (Lipinski definition) is 0. The van der Waals surface area contributed by atoms with Gasteiger partial charge in [-0.15, -0.1) is 0 Å². The molecule has 2 saturated heterocycles. The largest absolute Gasteiger partial charge is 0.347 e. The third-order valence-corrected chi connectivity index (χ3v) is 8.09. The van der Waals surface area contributed by atoms with E-state index in [-0.39, 0.29) is 5.91 Å². The number of amides is 1. The van der Waals surface area contributed by atoms with Crippen molar-refractivity contribution in [3.63, 3.8) is 0 Å². The summed E-state index contributed by atoms with van der Waals surface area (Å²) in [6.45, 7) is 3.59. The molecule has 2 aliphatic rings. The van der Waals surface area contributed by atoms with Crippen molar-refractivity contribution in [3.8, 4) is 0 Å². The zero-order valence-corrected chi connectivity index (χ0v) is 17.7. The summed E-state index contributed by atoms with van der Waals surface area (Å²) in [4.78, 5) is 14.5. The fourth-order valence-corrected chi connectivity index (χ4v) is 5.98. The second kappa shape index (κ2) is 8.85. The molecule has 1 aromatic heterocycles. The van der Waals surface area contributed by atoms with Crippen LogP contribution in [0, 0.1) is 0 Å². The summed E-state index contributed by atoms with van der Waals surface area (Å²) >= 11 is 0. The van der Waals surface area contributed by atoms with Gasteiger partial charge in [-0.25, -0.2) is 0 Å². The number of carbonyl (C=O) groups is 1. The van der Waals surface area contributed by atoms with E-state index in [1.54, 1.807) is 13.5 Å². The van der Waals surface area contributed by atoms with Crippen LogP contribution in [0.15, 0.2) is 36.5 Å². The molecule has 0 N–H and O–H groups in total. The highest BCUT2D eigenvalue weighted by molar-refractivity contribution is 7.86. The number of nitrogens with zero attached hydrogens (tertiary/aromatic N) is 4. The molecular weight excluding hydrogens is 388 g/mol. The van der Waals surface area contributed by atoms with Crippen LogP contribution in [-0.4, -0.2) is 71.7 Å². The van der Waals surface area contributed by atoms with Crippen LogP contribution in [0.3, 0.4) is 0 Å². The Kier molecular flexibility index (Phi) is 6.22. The molecule has 0 saturated carbocycles. The lowest BCUT2D eigenvalue weighted by atomic mass is 10.2. The second-order valence-corrected chi connectivity index (χ2v) is 9.85. The van der Waals surface area contributed by atoms with Crippen molar-refractivity contribution in [2.75, 3.05) is 39.3 Å². The van der Waals surface area contributed by atoms with E-state index in [0.29, 0.717) is 52.2 Å². The third kappa shape index (κ3) is 4.49. The minimum absolute atomic E-state index is 0.0922. The van der Waals surface area contributed by atoms with Gasteiger partial charge in [-0.2, -0.15) is 17.0 Å². The molecule has 0 aliphatic carbocycles. The minimum atomic E-state index is -3.41. The molecular formula is C21H30N4O3S. The van der Waals surface area contributed by atoms with Crippen LogP contribution in [0.1, 0.15) is 32.1 Å². The zero-order chi connectivity index (χ0) is 20.3. The minimum Gasteiger partial charge on any atom is -0.347 e. The first-order valence-corrected chi connectivity index (χ1v) is 12.0. The van der Waals surface area contributed by atoms with E-state index in [0.717, 1.165) is 31.2 Å². The first-order chi connectivity index (χ1) is 14.1. The Balaban J connectivity index is 1.30. The third-order valence-electron chi connectivity index (χ3n) is 6.06. The van der Waals surface area contributed by atoms with Crippen LogP contribution in [0.2, 0.25) is 0 Å². The number of aromatic nitrogens is 1. The van der Waals surface area contributed by atoms with E-state index in [4.69, 9.17) is 0 Å². The molecule has 3 heterocycles. The van der Waals surface area contributed by atoms with Crippen LogP contribution < -0.4 is 0 Å². The highest BCUT2D eigenvalue weighted by atomic mass is 32.2. The van der Waals surface area contributed by atoms with E-state index in [1.807, 2.05) is 18.3 Å². The molecule has 1 amide bonds. The number of fused-ring (bicyclic) bond motifs is 1. The van der Waals surface area contributed by atoms with Crippen LogP contribution in [0.5, 0.6) is 0 Å². The Morgan fingerprint density at radius 1 is 0.828 bits per heavy atom. The molecule has 0 bridgehead atoms. The molecule has 0 spiro atoms. The van der Waals surface area contributed by atoms with Gasteiger partial charge in [0.1, 0.15) is 0 Å². The van der Waals surface area contributed by atoms with Crippen molar-refractivity contribution in [2.45, 2.75) is 38.6 Å². The number of carbonyl (C=O) groups excluding carboxylic acids is 1. The first-order valence-electron chi connectivity index (χ1n) is 10.6. The van der Waals surface area contributed by atoms with E-state index in [1.165, 1.54) is 5.39 Å². The summed E-state index contributed by atoms with van der Waals surface area (Å²) in [6.07, 6.45) is 6.52. The molecule has 0 radical (unpaired) electrons. The summed E-state index contributed by atoms with van der Waals surface area (Å²) < 4.78 is 31.1. The SMILES string of the molecule is O=C(CCn1ccc2ccccc21)N1CCN(S(=O)(=O)N2CCCCCC2)CC1. The van der Waals surface area contributed by atoms with E-state index in [2.05, 4.69) is 22.8 Å². The van der Waals surface area contributed by atoms with Crippen molar-refractivity contribution in [1.29, 1.82) is 0 Å². The summed E-state index contributed by atoms with van der Waals surface area (Å²) in [6, 6.07) is 10.2. The molecule has 0 unspecified atom stereocenters. The van der Waals surface area contributed by atoms with Crippen molar-refractivity contribution < 1.29 is 13.2 Å². The lowest BCUT2D eigenvalue weighted by Crippen LogP contribution is -2.54. The Morgan fingerprint density at radius 3 is 2.21 bits per heavy atom. The lowest BCUT2D eigenvalue weighted by Gasteiger charge is -2.36. The number of para-hydroxylation sites is 1. The van der Waals surface area contributed by atoms with Gasteiger partial charge < -0.3 is 9.47 Å². The second-order valence-electron chi connectivity index (χ2n) is 7.92. The highest BCUT2D eigenvalue weighted by Crippen LogP contribution is 2.19. The topological polar surface area (TPSA) is 65.9 Å². The van der Waals surface area contributed by atoms with Gasteiger partial charge in [0.25, 0.3) is 10.2 Å². The van der Waals surface area contributed by atoms with Gasteiger partial charge in [-0.1, -0.05) is 31.0 Å². The number of aryl methyl sites for hydroxylation is 1. The van der Waals surface area contributed by atoms with Crippen LogP contribution in [-0.2, 0) is 21.5 Å². The Hall–Kier alpha value is -1.90. The quantitative estimate of drug-likeness (QED) is 0.748. The maximum absolute atomic E-state index is 12.9. The summed E-state index contributed by atoms with van der Waals surface area (Å²) in [7, 11) is -3.41. The molecule has 0 atom stereocenters. The maximum Gasteiger partial charge on any atom is 0.282 e. The lowest BCUT2D eigenvalue weighted by molar-refractivity contribution is -0.132. The van der Waals surface area contributed by atoms with Crippen molar-refractivity contribution in [3.05, 3.63) is 36.5 Å². The standard InChI is InChI=1S/C21H30N4O3S/c26-21(10-14-22-13-9-19-7-3-4-8-20(19)22)23-15-17-25(18-16-23)29(27,28)24-11-5-1-2-6-12-24/h3-4,7-9,13H,1-2,5-6,10-12,14-18H2. The Morgan fingerprint density at radius 2 is 1.48 bits per heavy atom. The fraction of sp³-hybridized carbons (Fsp3) is 0.571. The predicted octanol–water partition coefficient (Wildman–Crippen LogP) is 2.30. The van der Waals surface area contributed by atoms with E-state index < -0.39 is 10.2 Å². The average molecular weight is 419 g/mol. The molecule has 2 aromatic rings. The van der Waals surface area contributed by atoms with Crippen LogP contribution >= 0.6 is 0 Å². The number of hydrogen-bond acceptors (Lipinski definition) is 3. The van der Waals surface area contributed by atoms with Gasteiger partial charge in [-0.05, 0) is 30.4 Å². The van der Waals surface area contributed by atoms with Gasteiger partial charge in [-0.3, -0.25) is 4.79 Å². The van der Waals surface area contributed by atoms with Gasteiger partial charge >= 0.3 is 0 Å². The number of rotatable bonds is 5. The summed E-state index contributed by atoms with van der Waals surface area (Å²) in [5.41, 5.74) is 1.13. The molecule has 29 heavy (non-hydrogen) atoms. The zero-order valence-electron chi connectivity index (χ0n) is 16.9. The molecule has 7 nitrogen and oxygen atoms in total. The molecule has 1 aromatic carbocycles. The highest BCUT2D eigenvalue weighted by Gasteiger charge is 2.33. The van der Waals surface area contributed by atoms with Gasteiger partial charge in [0.15, 0.2) is 0 Å². The molecule has 4 rings (SSSR count). The van der Waals surface area contributed by atoms with Gasteiger partial charge in [0.2, 0.25) is 5.91 Å². The molecule has 2 fully saturated rings. The summed E-state index contributed by atoms with van der Waals surface area (Å²) in [5.74, 6) is 0.0922. The van der Waals surface area contributed by atoms with Gasteiger partial charge in [0, 0.05) is 63.9 Å². The Bertz CT molecular complexity index is 940. The summed E-state index contributed by atoms with van der Waals surface area (Å²) in [5, 5.41) is 1.17. The molecule has 8 heteroatoms. The van der Waals surface area contributed by atoms with Crippen molar-refractivity contribution in [1.82, 2.24) is 18.1 Å². The molecule has 158 valence electrons. The van der Waals surface area contributed by atoms with Crippen LogP contribution in [0.4, 0.5) is 0 Å². The average Bonchev–Trinajstić information content (AvgIpc) is 2.95. The first kappa shape index (κ1) is 20.4. The number of piperazine rings is 1. The van der Waals surface area contributed by atoms with Crippen molar-refractivity contribution in [2.24, 2.45) is 0 Å². The monoisotopic (exact) mass is 418 g/mol. The number of benzene rings is 1. The molecule has 2 aliphatic heterocycles. The van der Waals surface area contributed by atoms with E-state index >= 15 is 0 Å². The predicted molar refractivity (Wildman–Crippen MR) is 114 cm³/mol. The van der Waals surface area contributed by atoms with Crippen LogP contribution in [0.25, 0.3) is 10.9 Å². The van der Waals surface area contributed by atoms with Crippen molar-refractivity contribution >= 4 is 27.0 Å². The fourth-order valence-electron chi connectivity index (χ4n) is 4.31.